The van der Waals surface area contributed by atoms with E-state index in [2.05, 4.69) is 10.3 Å². The normalized spacial score (nSPS) is 14.1. The van der Waals surface area contributed by atoms with Crippen molar-refractivity contribution in [2.75, 3.05) is 20.2 Å². The summed E-state index contributed by atoms with van der Waals surface area (Å²) in [5.41, 5.74) is 1.73. The van der Waals surface area contributed by atoms with Crippen LogP contribution in [0, 0.1) is 5.82 Å². The number of aromatic hydroxyl groups is 1. The van der Waals surface area contributed by atoms with Gasteiger partial charge in [-0.1, -0.05) is 12.1 Å². The van der Waals surface area contributed by atoms with E-state index in [4.69, 9.17) is 4.74 Å². The van der Waals surface area contributed by atoms with Gasteiger partial charge in [-0.25, -0.2) is 9.18 Å². The largest absolute Gasteiger partial charge is 0.505 e. The number of benzene rings is 2. The summed E-state index contributed by atoms with van der Waals surface area (Å²) in [4.78, 5) is 43.3. The quantitative estimate of drug-likeness (QED) is 0.544. The Kier molecular flexibility index (Phi) is 6.95. The zero-order valence-electron chi connectivity index (χ0n) is 19.5. The van der Waals surface area contributed by atoms with E-state index in [9.17, 15) is 23.9 Å². The lowest BCUT2D eigenvalue weighted by Gasteiger charge is -2.31. The first kappa shape index (κ1) is 24.1. The third-order valence-corrected chi connectivity index (χ3v) is 6.25. The van der Waals surface area contributed by atoms with Crippen molar-refractivity contribution in [1.29, 1.82) is 0 Å². The van der Waals surface area contributed by atoms with Gasteiger partial charge in [0, 0.05) is 43.2 Å². The Labute approximate surface area is 201 Å². The summed E-state index contributed by atoms with van der Waals surface area (Å²) < 4.78 is 18.0. The highest BCUT2D eigenvalue weighted by atomic mass is 19.1. The number of methoxy groups -OCH3 is 1. The highest BCUT2D eigenvalue weighted by molar-refractivity contribution is 6.11. The molecule has 2 amide bonds. The molecule has 2 heterocycles. The number of likely N-dealkylation sites (tertiary alicyclic amines) is 1. The fourth-order valence-corrected chi connectivity index (χ4v) is 4.31. The summed E-state index contributed by atoms with van der Waals surface area (Å²) in [5.74, 6) is -1.90. The van der Waals surface area contributed by atoms with Crippen LogP contribution in [0.25, 0.3) is 10.9 Å². The summed E-state index contributed by atoms with van der Waals surface area (Å²) in [6, 6.07) is 8.98. The minimum atomic E-state index is -0.787. The highest BCUT2D eigenvalue weighted by Crippen LogP contribution is 2.32. The maximum Gasteiger partial charge on any atom is 0.341 e. The van der Waals surface area contributed by atoms with Gasteiger partial charge in [0.2, 0.25) is 5.91 Å². The molecule has 3 aromatic rings. The molecule has 1 saturated heterocycles. The second kappa shape index (κ2) is 10.1. The molecule has 2 N–H and O–H groups in total. The number of hydrogen-bond acceptors (Lipinski definition) is 6. The third-order valence-electron chi connectivity index (χ3n) is 6.25. The second-order valence-electron chi connectivity index (χ2n) is 8.61. The van der Waals surface area contributed by atoms with Gasteiger partial charge < -0.3 is 20.1 Å². The fraction of sp³-hybridized carbons (Fsp3) is 0.308. The van der Waals surface area contributed by atoms with Crippen LogP contribution in [0.5, 0.6) is 5.75 Å². The van der Waals surface area contributed by atoms with Crippen LogP contribution in [-0.4, -0.2) is 59.0 Å². The number of amides is 2. The van der Waals surface area contributed by atoms with Crippen LogP contribution in [0.1, 0.15) is 51.6 Å². The summed E-state index contributed by atoms with van der Waals surface area (Å²) in [5, 5.41) is 14.1. The van der Waals surface area contributed by atoms with Crippen LogP contribution < -0.4 is 5.32 Å². The van der Waals surface area contributed by atoms with Gasteiger partial charge in [0.25, 0.3) is 5.91 Å². The molecule has 1 aliphatic rings. The number of phenolic OH excluding ortho intramolecular Hbond substituents is 1. The smallest absolute Gasteiger partial charge is 0.341 e. The minimum Gasteiger partial charge on any atom is -0.505 e. The highest BCUT2D eigenvalue weighted by Gasteiger charge is 2.26. The van der Waals surface area contributed by atoms with Crippen molar-refractivity contribution in [3.05, 3.63) is 70.7 Å². The van der Waals surface area contributed by atoms with Gasteiger partial charge in [0.05, 0.1) is 7.11 Å². The van der Waals surface area contributed by atoms with Gasteiger partial charge in [-0.05, 0) is 54.7 Å². The van der Waals surface area contributed by atoms with E-state index >= 15 is 0 Å². The van der Waals surface area contributed by atoms with Crippen LogP contribution in [-0.2, 0) is 16.0 Å². The Bertz CT molecular complexity index is 1280. The lowest BCUT2D eigenvalue weighted by Crippen LogP contribution is -2.46. The SMILES string of the molecule is COC(=O)c1cc(C(=O)NC2CCN(C(C)=O)CC2)c2cc(Cc3ccc(F)cc3)cnc2c1O. The van der Waals surface area contributed by atoms with E-state index in [-0.39, 0.29) is 40.2 Å². The topological polar surface area (TPSA) is 109 Å². The first-order valence-electron chi connectivity index (χ1n) is 11.3. The number of esters is 1. The van der Waals surface area contributed by atoms with Crippen LogP contribution in [0.2, 0.25) is 0 Å². The molecule has 0 spiro atoms. The average molecular weight is 480 g/mol. The molecule has 35 heavy (non-hydrogen) atoms. The van der Waals surface area contributed by atoms with Crippen LogP contribution >= 0.6 is 0 Å². The maximum atomic E-state index is 13.3. The summed E-state index contributed by atoms with van der Waals surface area (Å²) in [7, 11) is 1.19. The molecule has 0 bridgehead atoms. The summed E-state index contributed by atoms with van der Waals surface area (Å²) in [6.45, 7) is 2.62. The van der Waals surface area contributed by atoms with Crippen molar-refractivity contribution in [1.82, 2.24) is 15.2 Å². The predicted octanol–water partition coefficient (Wildman–Crippen LogP) is 3.20. The van der Waals surface area contributed by atoms with Crippen LogP contribution in [0.4, 0.5) is 4.39 Å². The fourth-order valence-electron chi connectivity index (χ4n) is 4.31. The number of piperidine rings is 1. The molecule has 1 fully saturated rings. The van der Waals surface area contributed by atoms with E-state index in [0.29, 0.717) is 37.7 Å². The first-order valence-corrected chi connectivity index (χ1v) is 11.3. The molecule has 2 aromatic carbocycles. The van der Waals surface area contributed by atoms with Crippen LogP contribution in [0.15, 0.2) is 42.6 Å². The average Bonchev–Trinajstić information content (AvgIpc) is 2.85. The first-order chi connectivity index (χ1) is 16.8. The van der Waals surface area contributed by atoms with E-state index in [1.807, 2.05) is 0 Å². The minimum absolute atomic E-state index is 0.00165. The van der Waals surface area contributed by atoms with Crippen molar-refractivity contribution >= 4 is 28.7 Å². The number of hydrogen-bond donors (Lipinski definition) is 2. The number of carbonyl (C=O) groups is 3. The molecule has 9 heteroatoms. The van der Waals surface area contributed by atoms with Crippen molar-refractivity contribution in [3.63, 3.8) is 0 Å². The van der Waals surface area contributed by atoms with E-state index < -0.39 is 11.9 Å². The van der Waals surface area contributed by atoms with Crippen LogP contribution in [0.3, 0.4) is 0 Å². The molecule has 0 aliphatic carbocycles. The number of nitrogens with one attached hydrogen (secondary N) is 1. The molecule has 8 nitrogen and oxygen atoms in total. The van der Waals surface area contributed by atoms with Gasteiger partial charge in [0.1, 0.15) is 16.9 Å². The molecule has 182 valence electrons. The number of phenols is 1. The zero-order valence-corrected chi connectivity index (χ0v) is 19.5. The molecule has 4 rings (SSSR count). The van der Waals surface area contributed by atoms with Gasteiger partial charge in [-0.15, -0.1) is 0 Å². The van der Waals surface area contributed by atoms with Gasteiger partial charge >= 0.3 is 5.97 Å². The molecule has 0 radical (unpaired) electrons. The van der Waals surface area contributed by atoms with E-state index in [1.165, 1.54) is 32.2 Å². The van der Waals surface area contributed by atoms with Gasteiger partial charge in [0.15, 0.2) is 5.75 Å². The zero-order chi connectivity index (χ0) is 25.1. The van der Waals surface area contributed by atoms with E-state index in [0.717, 1.165) is 11.1 Å². The summed E-state index contributed by atoms with van der Waals surface area (Å²) in [6.07, 6.45) is 3.21. The maximum absolute atomic E-state index is 13.3. The number of rotatable bonds is 5. The lowest BCUT2D eigenvalue weighted by atomic mass is 9.98. The van der Waals surface area contributed by atoms with Crippen molar-refractivity contribution in [2.45, 2.75) is 32.2 Å². The molecular formula is C26H26FN3O5. The number of nitrogens with zero attached hydrogens (tertiary/aromatic N) is 2. The Morgan fingerprint density at radius 3 is 2.43 bits per heavy atom. The Morgan fingerprint density at radius 2 is 1.80 bits per heavy atom. The number of halogens is 1. The molecular weight excluding hydrogens is 453 g/mol. The number of carbonyl (C=O) groups excluding carboxylic acids is 3. The van der Waals surface area contributed by atoms with Crippen molar-refractivity contribution in [2.24, 2.45) is 0 Å². The number of fused-ring (bicyclic) bond motifs is 1. The summed E-state index contributed by atoms with van der Waals surface area (Å²) >= 11 is 0. The molecule has 0 atom stereocenters. The third kappa shape index (κ3) is 5.24. The molecule has 0 saturated carbocycles. The van der Waals surface area contributed by atoms with Crippen molar-refractivity contribution < 1.29 is 28.6 Å². The monoisotopic (exact) mass is 479 g/mol. The molecule has 1 aromatic heterocycles. The van der Waals surface area contributed by atoms with Gasteiger partial charge in [-0.3, -0.25) is 14.6 Å². The molecule has 0 unspecified atom stereocenters. The Balaban J connectivity index is 1.69. The second-order valence-corrected chi connectivity index (χ2v) is 8.61. The molecule has 1 aliphatic heterocycles. The predicted molar refractivity (Wildman–Crippen MR) is 127 cm³/mol. The van der Waals surface area contributed by atoms with Crippen molar-refractivity contribution in [3.8, 4) is 5.75 Å². The standard InChI is InChI=1S/C26H26FN3O5/c1-15(31)30-9-7-19(8-10-30)29-25(33)21-13-22(26(34)35-2)24(32)23-20(21)12-17(14-28-23)11-16-3-5-18(27)6-4-16/h3-6,12-14,19,32H,7-11H2,1-2H3,(H,29,33). The Morgan fingerprint density at radius 1 is 1.11 bits per heavy atom. The Hall–Kier alpha value is -4.01. The number of ether oxygens (including phenoxy) is 1. The lowest BCUT2D eigenvalue weighted by molar-refractivity contribution is -0.129. The van der Waals surface area contributed by atoms with Gasteiger partial charge in [-0.2, -0.15) is 0 Å². The number of pyridine rings is 1. The van der Waals surface area contributed by atoms with E-state index in [1.54, 1.807) is 29.3 Å². The number of aromatic nitrogens is 1.